The molecule has 262 valence electrons. The third kappa shape index (κ3) is 6.67. The fourth-order valence-corrected chi connectivity index (χ4v) is 6.14. The van der Waals surface area contributed by atoms with Gasteiger partial charge in [0.25, 0.3) is 11.8 Å². The van der Waals surface area contributed by atoms with Gasteiger partial charge in [0.1, 0.15) is 5.82 Å². The lowest BCUT2D eigenvalue weighted by Crippen LogP contribution is -2.21. The molecule has 3 aromatic carbocycles. The minimum atomic E-state index is -4.74. The molecule has 2 amide bonds. The summed E-state index contributed by atoms with van der Waals surface area (Å²) in [5, 5.41) is 14.2. The number of benzene rings is 3. The molecule has 7 rings (SSSR count). The number of hydrogen-bond acceptors (Lipinski definition) is 6. The third-order valence-corrected chi connectivity index (χ3v) is 8.74. The lowest BCUT2D eigenvalue weighted by Gasteiger charge is -2.16. The van der Waals surface area contributed by atoms with Crippen LogP contribution in [0.15, 0.2) is 83.8 Å². The van der Waals surface area contributed by atoms with Crippen molar-refractivity contribution in [3.8, 4) is 16.9 Å². The molecule has 0 atom stereocenters. The van der Waals surface area contributed by atoms with Crippen LogP contribution in [0, 0.1) is 6.92 Å². The highest BCUT2D eigenvalue weighted by molar-refractivity contribution is 6.14. The minimum Gasteiger partial charge on any atom is -0.383 e. The number of hydrogen-bond donors (Lipinski definition) is 2. The molecule has 1 saturated carbocycles. The summed E-state index contributed by atoms with van der Waals surface area (Å²) in [6.45, 7) is 2.13. The molecule has 0 unspecified atom stereocenters. The van der Waals surface area contributed by atoms with Crippen LogP contribution in [-0.2, 0) is 24.5 Å². The Morgan fingerprint density at radius 2 is 1.73 bits per heavy atom. The largest absolute Gasteiger partial charge is 0.416 e. The smallest absolute Gasteiger partial charge is 0.383 e. The Bertz CT molecular complexity index is 2350. The van der Waals surface area contributed by atoms with Crippen LogP contribution >= 0.6 is 0 Å². The number of carbonyl (C=O) groups is 2. The van der Waals surface area contributed by atoms with Gasteiger partial charge >= 0.3 is 11.9 Å². The number of nitrogens with one attached hydrogen (secondary N) is 2. The van der Waals surface area contributed by atoms with Crippen LogP contribution in [0.5, 0.6) is 0 Å². The van der Waals surface area contributed by atoms with Gasteiger partial charge in [-0.15, -0.1) is 0 Å². The summed E-state index contributed by atoms with van der Waals surface area (Å²) in [5.74, 6) is -0.374. The lowest BCUT2D eigenvalue weighted by molar-refractivity contribution is -0.137. The van der Waals surface area contributed by atoms with Crippen LogP contribution in [-0.4, -0.2) is 54.2 Å². The Hall–Kier alpha value is -5.96. The van der Waals surface area contributed by atoms with Crippen LogP contribution in [0.1, 0.15) is 51.0 Å². The summed E-state index contributed by atoms with van der Waals surface area (Å²) in [5.41, 5.74) is 0.938. The Morgan fingerprint density at radius 1 is 0.961 bits per heavy atom. The molecule has 6 aromatic rings. The summed E-state index contributed by atoms with van der Waals surface area (Å²) in [4.78, 5) is 39.6. The number of methoxy groups -OCH3 is 1. The van der Waals surface area contributed by atoms with E-state index < -0.39 is 23.6 Å². The average Bonchev–Trinajstić information content (AvgIpc) is 3.65. The topological polar surface area (TPSA) is 130 Å². The van der Waals surface area contributed by atoms with E-state index in [1.165, 1.54) is 22.4 Å². The van der Waals surface area contributed by atoms with Gasteiger partial charge in [0, 0.05) is 55.3 Å². The highest BCUT2D eigenvalue weighted by Crippen LogP contribution is 2.38. The fraction of sp³-hybridized carbons (Fsp3) is 0.250. The second kappa shape index (κ2) is 13.1. The van der Waals surface area contributed by atoms with Crippen molar-refractivity contribution in [2.75, 3.05) is 24.4 Å². The maximum absolute atomic E-state index is 14.2. The van der Waals surface area contributed by atoms with E-state index in [0.29, 0.717) is 34.6 Å². The first-order valence-electron chi connectivity index (χ1n) is 16.2. The van der Waals surface area contributed by atoms with Crippen molar-refractivity contribution in [1.29, 1.82) is 0 Å². The molecule has 0 bridgehead atoms. The maximum atomic E-state index is 14.2. The predicted octanol–water partition coefficient (Wildman–Crippen LogP) is 6.20. The Morgan fingerprint density at radius 3 is 2.39 bits per heavy atom. The molecule has 1 aliphatic rings. The molecule has 51 heavy (non-hydrogen) atoms. The number of amides is 2. The Kier molecular flexibility index (Phi) is 8.59. The highest BCUT2D eigenvalue weighted by atomic mass is 19.4. The van der Waals surface area contributed by atoms with E-state index in [1.54, 1.807) is 84.0 Å². The van der Waals surface area contributed by atoms with E-state index >= 15 is 0 Å². The minimum absolute atomic E-state index is 0.197. The molecule has 0 saturated heterocycles. The molecular formula is C36H33F3N8O4. The van der Waals surface area contributed by atoms with Crippen molar-refractivity contribution in [2.24, 2.45) is 7.05 Å². The summed E-state index contributed by atoms with van der Waals surface area (Å²) < 4.78 is 54.2. The zero-order valence-corrected chi connectivity index (χ0v) is 27.9. The normalized spacial score (nSPS) is 13.1. The van der Waals surface area contributed by atoms with E-state index in [1.807, 2.05) is 0 Å². The van der Waals surface area contributed by atoms with Crippen molar-refractivity contribution < 1.29 is 27.5 Å². The SMILES string of the molecule is COCCn1c(-c2ccc(-n3c(C)nn(C)c3=O)cc2)cc2cc(C(F)(F)F)cc(C(=O)Nc3cccc(C(=O)Nc4ccn(C5CC5)n4)c3)c21. The van der Waals surface area contributed by atoms with Gasteiger partial charge in [-0.1, -0.05) is 18.2 Å². The fourth-order valence-electron chi connectivity index (χ4n) is 6.14. The van der Waals surface area contributed by atoms with Gasteiger partial charge in [0.05, 0.1) is 35.0 Å². The van der Waals surface area contributed by atoms with E-state index in [0.717, 1.165) is 25.0 Å². The van der Waals surface area contributed by atoms with Gasteiger partial charge in [-0.3, -0.25) is 14.3 Å². The number of carbonyl (C=O) groups excluding carboxylic acids is 2. The number of ether oxygens (including phenoxy) is 1. The second-order valence-corrected chi connectivity index (χ2v) is 12.4. The molecule has 3 heterocycles. The predicted molar refractivity (Wildman–Crippen MR) is 184 cm³/mol. The number of halogens is 3. The number of anilines is 2. The highest BCUT2D eigenvalue weighted by Gasteiger charge is 2.33. The van der Waals surface area contributed by atoms with Crippen molar-refractivity contribution in [2.45, 2.75) is 38.5 Å². The average molecular weight is 699 g/mol. The Labute approximate surface area is 289 Å². The standard InChI is InChI=1S/C36H33F3N8O4/c1-21-42-44(2)35(50)47(21)28-9-7-22(8-10-28)30-19-24-17-25(36(37,38)39)20-29(32(24)45(30)15-16-51-3)34(49)40-26-6-4-5-23(18-26)33(48)41-31-13-14-46(43-31)27-11-12-27/h4-10,13-14,17-20,27H,11-12,15-16H2,1-3H3,(H,40,49)(H,41,43,48). The van der Waals surface area contributed by atoms with Gasteiger partial charge in [-0.2, -0.15) is 23.4 Å². The number of aryl methyl sites for hydroxylation is 2. The number of rotatable bonds is 10. The number of nitrogens with zero attached hydrogens (tertiary/aromatic N) is 6. The monoisotopic (exact) mass is 698 g/mol. The lowest BCUT2D eigenvalue weighted by atomic mass is 10.0. The first-order valence-corrected chi connectivity index (χ1v) is 16.2. The van der Waals surface area contributed by atoms with Crippen LogP contribution in [0.4, 0.5) is 24.7 Å². The van der Waals surface area contributed by atoms with E-state index in [9.17, 15) is 27.6 Å². The molecule has 3 aromatic heterocycles. The molecule has 2 N–H and O–H groups in total. The van der Waals surface area contributed by atoms with Gasteiger partial charge < -0.3 is 19.9 Å². The molecule has 15 heteroatoms. The molecular weight excluding hydrogens is 665 g/mol. The first-order chi connectivity index (χ1) is 24.4. The van der Waals surface area contributed by atoms with Gasteiger partial charge in [-0.25, -0.2) is 14.0 Å². The van der Waals surface area contributed by atoms with Gasteiger partial charge in [-0.05, 0) is 73.9 Å². The zero-order valence-electron chi connectivity index (χ0n) is 27.9. The second-order valence-electron chi connectivity index (χ2n) is 12.4. The summed E-state index contributed by atoms with van der Waals surface area (Å²) in [6, 6.07) is 18.6. The number of fused-ring (bicyclic) bond motifs is 1. The van der Waals surface area contributed by atoms with Gasteiger partial charge in [0.2, 0.25) is 0 Å². The first kappa shape index (κ1) is 33.5. The van der Waals surface area contributed by atoms with Crippen LogP contribution < -0.4 is 16.3 Å². The molecule has 1 aliphatic carbocycles. The molecule has 0 aliphatic heterocycles. The Balaban J connectivity index is 1.24. The number of aromatic nitrogens is 6. The van der Waals surface area contributed by atoms with Crippen LogP contribution in [0.3, 0.4) is 0 Å². The molecule has 0 radical (unpaired) electrons. The van der Waals surface area contributed by atoms with Crippen molar-refractivity contribution >= 4 is 34.2 Å². The maximum Gasteiger partial charge on any atom is 0.416 e. The third-order valence-electron chi connectivity index (χ3n) is 8.74. The zero-order chi connectivity index (χ0) is 36.0. The molecule has 12 nitrogen and oxygen atoms in total. The summed E-state index contributed by atoms with van der Waals surface area (Å²) in [7, 11) is 3.06. The van der Waals surface area contributed by atoms with E-state index in [4.69, 9.17) is 4.74 Å². The summed E-state index contributed by atoms with van der Waals surface area (Å²) in [6.07, 6.45) is -0.861. The van der Waals surface area contributed by atoms with E-state index in [2.05, 4.69) is 20.8 Å². The quantitative estimate of drug-likeness (QED) is 0.175. The van der Waals surface area contributed by atoms with Crippen LogP contribution in [0.2, 0.25) is 0 Å². The van der Waals surface area contributed by atoms with Gasteiger partial charge in [0.15, 0.2) is 5.82 Å². The molecule has 0 spiro atoms. The molecule has 1 fully saturated rings. The van der Waals surface area contributed by atoms with Crippen molar-refractivity contribution in [3.63, 3.8) is 0 Å². The van der Waals surface area contributed by atoms with Crippen LogP contribution in [0.25, 0.3) is 27.8 Å². The number of alkyl halides is 3. The summed E-state index contributed by atoms with van der Waals surface area (Å²) >= 11 is 0. The van der Waals surface area contributed by atoms with Crippen molar-refractivity contribution in [1.82, 2.24) is 28.7 Å². The van der Waals surface area contributed by atoms with Crippen molar-refractivity contribution in [3.05, 3.63) is 112 Å². The van der Waals surface area contributed by atoms with E-state index in [-0.39, 0.29) is 46.6 Å².